The molecule has 0 N–H and O–H groups in total. The van der Waals surface area contributed by atoms with E-state index in [1.165, 1.54) is 10.9 Å². The molecule has 0 unspecified atom stereocenters. The Morgan fingerprint density at radius 1 is 0.339 bits per heavy atom. The monoisotopic (exact) mass is 716 g/mol. The largest absolute Gasteiger partial charge is 0.454 e. The average Bonchev–Trinajstić information content (AvgIpc) is 3.83. The molecule has 0 aliphatic carbocycles. The highest BCUT2D eigenvalue weighted by Crippen LogP contribution is 2.41. The summed E-state index contributed by atoms with van der Waals surface area (Å²) in [5.74, 6) is 1.81. The Hall–Kier alpha value is -7.63. The Labute approximate surface area is 322 Å². The van der Waals surface area contributed by atoms with Gasteiger partial charge in [0, 0.05) is 43.9 Å². The highest BCUT2D eigenvalue weighted by atomic mass is 16.3. The van der Waals surface area contributed by atoms with Gasteiger partial charge in [-0.2, -0.15) is 0 Å². The predicted molar refractivity (Wildman–Crippen MR) is 229 cm³/mol. The van der Waals surface area contributed by atoms with E-state index in [4.69, 9.17) is 19.4 Å². The first-order valence-electron chi connectivity index (χ1n) is 18.8. The van der Waals surface area contributed by atoms with Gasteiger partial charge in [-0.15, -0.1) is 0 Å². The molecule has 0 fully saturated rings. The van der Waals surface area contributed by atoms with Crippen molar-refractivity contribution < 1.29 is 4.42 Å². The molecule has 5 heteroatoms. The molecule has 3 aromatic heterocycles. The number of para-hydroxylation sites is 1. The first kappa shape index (κ1) is 31.9. The van der Waals surface area contributed by atoms with Gasteiger partial charge in [0.2, 0.25) is 0 Å². The van der Waals surface area contributed by atoms with Crippen molar-refractivity contribution in [3.05, 3.63) is 194 Å². The summed E-state index contributed by atoms with van der Waals surface area (Å²) < 4.78 is 9.27. The molecule has 0 saturated carbocycles. The normalized spacial score (nSPS) is 11.6. The molecule has 3 heterocycles. The van der Waals surface area contributed by atoms with Crippen LogP contribution >= 0.6 is 0 Å². The number of furan rings is 1. The SMILES string of the molecule is c1ccc(-c2ccc(-c3nc(-c4ccccc4)nc(-c4ccc5c(c4)oc4c5ccc5c6ccccc6n(-c6cccc(-c7ccccc7)c6)c54)n3)cc2)cc1. The zero-order chi connectivity index (χ0) is 37.0. The van der Waals surface area contributed by atoms with E-state index in [2.05, 4.69) is 162 Å². The molecule has 0 radical (unpaired) electrons. The Balaban J connectivity index is 1.08. The van der Waals surface area contributed by atoms with E-state index in [0.29, 0.717) is 17.5 Å². The van der Waals surface area contributed by atoms with Crippen LogP contribution in [0.3, 0.4) is 0 Å². The van der Waals surface area contributed by atoms with Gasteiger partial charge in [-0.25, -0.2) is 15.0 Å². The van der Waals surface area contributed by atoms with Crippen molar-refractivity contribution in [2.24, 2.45) is 0 Å². The summed E-state index contributed by atoms with van der Waals surface area (Å²) in [4.78, 5) is 15.1. The maximum absolute atomic E-state index is 6.93. The van der Waals surface area contributed by atoms with Crippen LogP contribution in [0.4, 0.5) is 0 Å². The molecule has 0 bridgehead atoms. The van der Waals surface area contributed by atoms with Gasteiger partial charge >= 0.3 is 0 Å². The lowest BCUT2D eigenvalue weighted by atomic mass is 10.0. The Bertz CT molecular complexity index is 3220. The summed E-state index contributed by atoms with van der Waals surface area (Å²) in [7, 11) is 0. The molecular formula is C51H32N4O. The predicted octanol–water partition coefficient (Wildman–Crippen LogP) is 13.2. The fraction of sp³-hybridized carbons (Fsp3) is 0. The Morgan fingerprint density at radius 2 is 0.839 bits per heavy atom. The van der Waals surface area contributed by atoms with Crippen LogP contribution in [0.15, 0.2) is 199 Å². The van der Waals surface area contributed by atoms with Crippen LogP contribution in [-0.2, 0) is 0 Å². The fourth-order valence-electron chi connectivity index (χ4n) is 7.94. The van der Waals surface area contributed by atoms with E-state index in [9.17, 15) is 0 Å². The molecule has 0 atom stereocenters. The van der Waals surface area contributed by atoms with Gasteiger partial charge in [-0.1, -0.05) is 158 Å². The number of nitrogens with zero attached hydrogens (tertiary/aromatic N) is 4. The second-order valence-electron chi connectivity index (χ2n) is 14.0. The Morgan fingerprint density at radius 3 is 1.55 bits per heavy atom. The van der Waals surface area contributed by atoms with Crippen LogP contribution in [0.25, 0.3) is 106 Å². The van der Waals surface area contributed by atoms with E-state index >= 15 is 0 Å². The minimum absolute atomic E-state index is 0.584. The van der Waals surface area contributed by atoms with Crippen LogP contribution in [-0.4, -0.2) is 19.5 Å². The van der Waals surface area contributed by atoms with Crippen molar-refractivity contribution >= 4 is 43.7 Å². The van der Waals surface area contributed by atoms with Crippen LogP contribution < -0.4 is 0 Å². The number of benzene rings is 8. The maximum Gasteiger partial charge on any atom is 0.164 e. The van der Waals surface area contributed by atoms with E-state index in [1.807, 2.05) is 36.4 Å². The van der Waals surface area contributed by atoms with Crippen LogP contribution in [0.1, 0.15) is 0 Å². The van der Waals surface area contributed by atoms with Gasteiger partial charge in [0.25, 0.3) is 0 Å². The van der Waals surface area contributed by atoms with Gasteiger partial charge < -0.3 is 8.98 Å². The first-order valence-corrected chi connectivity index (χ1v) is 18.8. The van der Waals surface area contributed by atoms with Crippen LogP contribution in [0.5, 0.6) is 0 Å². The minimum Gasteiger partial charge on any atom is -0.454 e. The number of fused-ring (bicyclic) bond motifs is 7. The lowest BCUT2D eigenvalue weighted by Crippen LogP contribution is -2.00. The quantitative estimate of drug-likeness (QED) is 0.172. The van der Waals surface area contributed by atoms with Gasteiger partial charge in [0.1, 0.15) is 5.58 Å². The average molecular weight is 717 g/mol. The van der Waals surface area contributed by atoms with Crippen molar-refractivity contribution in [2.75, 3.05) is 0 Å². The molecule has 262 valence electrons. The third kappa shape index (κ3) is 5.37. The van der Waals surface area contributed by atoms with E-state index < -0.39 is 0 Å². The van der Waals surface area contributed by atoms with E-state index in [-0.39, 0.29) is 0 Å². The fourth-order valence-corrected chi connectivity index (χ4v) is 7.94. The van der Waals surface area contributed by atoms with Crippen molar-refractivity contribution in [3.8, 4) is 62.1 Å². The number of hydrogen-bond donors (Lipinski definition) is 0. The topological polar surface area (TPSA) is 56.7 Å². The highest BCUT2D eigenvalue weighted by molar-refractivity contribution is 6.21. The molecule has 11 aromatic rings. The molecule has 0 amide bonds. The molecule has 56 heavy (non-hydrogen) atoms. The Kier molecular flexibility index (Phi) is 7.42. The minimum atomic E-state index is 0.584. The zero-order valence-corrected chi connectivity index (χ0v) is 30.2. The maximum atomic E-state index is 6.93. The second kappa shape index (κ2) is 13.0. The summed E-state index contributed by atoms with van der Waals surface area (Å²) in [6, 6.07) is 67.4. The van der Waals surface area contributed by atoms with E-state index in [1.54, 1.807) is 0 Å². The summed E-state index contributed by atoms with van der Waals surface area (Å²) in [6.07, 6.45) is 0. The highest BCUT2D eigenvalue weighted by Gasteiger charge is 2.20. The van der Waals surface area contributed by atoms with Crippen molar-refractivity contribution in [2.45, 2.75) is 0 Å². The van der Waals surface area contributed by atoms with Crippen LogP contribution in [0, 0.1) is 0 Å². The number of rotatable bonds is 6. The molecule has 8 aromatic carbocycles. The standard InChI is InChI=1S/C51H32N4O/c1-4-13-33(14-5-1)35-23-25-37(26-24-35)50-52-49(36-17-8-3-9-18-36)53-51(54-50)39-27-28-42-44-30-29-43-41-21-10-11-22-45(41)55(47(43)48(44)56-46(42)32-39)40-20-12-19-38(31-40)34-15-6-2-7-16-34/h1-32H. The van der Waals surface area contributed by atoms with Crippen LogP contribution in [0.2, 0.25) is 0 Å². The number of aromatic nitrogens is 4. The third-order valence-corrected chi connectivity index (χ3v) is 10.7. The van der Waals surface area contributed by atoms with Gasteiger partial charge in [0.15, 0.2) is 23.1 Å². The first-order chi connectivity index (χ1) is 27.7. The molecular weight excluding hydrogens is 685 g/mol. The molecule has 5 nitrogen and oxygen atoms in total. The summed E-state index contributed by atoms with van der Waals surface area (Å²) in [6.45, 7) is 0. The summed E-state index contributed by atoms with van der Waals surface area (Å²) in [5.41, 5.74) is 12.2. The van der Waals surface area contributed by atoms with Crippen molar-refractivity contribution in [1.82, 2.24) is 19.5 Å². The summed E-state index contributed by atoms with van der Waals surface area (Å²) in [5, 5.41) is 4.42. The zero-order valence-electron chi connectivity index (χ0n) is 30.2. The lowest BCUT2D eigenvalue weighted by Gasteiger charge is -2.10. The van der Waals surface area contributed by atoms with Crippen molar-refractivity contribution in [1.29, 1.82) is 0 Å². The molecule has 0 aliphatic heterocycles. The lowest BCUT2D eigenvalue weighted by molar-refractivity contribution is 0.671. The van der Waals surface area contributed by atoms with Crippen molar-refractivity contribution in [3.63, 3.8) is 0 Å². The van der Waals surface area contributed by atoms with Gasteiger partial charge in [-0.05, 0) is 58.7 Å². The second-order valence-corrected chi connectivity index (χ2v) is 14.0. The molecule has 11 rings (SSSR count). The molecule has 0 saturated heterocycles. The molecule has 0 spiro atoms. The number of hydrogen-bond acceptors (Lipinski definition) is 4. The smallest absolute Gasteiger partial charge is 0.164 e. The van der Waals surface area contributed by atoms with Gasteiger partial charge in [-0.3, -0.25) is 0 Å². The third-order valence-electron chi connectivity index (χ3n) is 10.7. The van der Waals surface area contributed by atoms with Gasteiger partial charge in [0.05, 0.1) is 11.0 Å². The molecule has 0 aliphatic rings. The summed E-state index contributed by atoms with van der Waals surface area (Å²) >= 11 is 0. The van der Waals surface area contributed by atoms with E-state index in [0.717, 1.165) is 77.4 Å².